The second-order valence-corrected chi connectivity index (χ2v) is 11.7. The average Bonchev–Trinajstić information content (AvgIpc) is 3.54. The van der Waals surface area contributed by atoms with E-state index >= 15 is 0 Å². The third-order valence-electron chi connectivity index (χ3n) is 5.47. The first-order chi connectivity index (χ1) is 16.8. The summed E-state index contributed by atoms with van der Waals surface area (Å²) in [6.45, 7) is 1.32. The zero-order valence-corrected chi connectivity index (χ0v) is 21.4. The first kappa shape index (κ1) is 24.0. The Morgan fingerprint density at radius 1 is 1.00 bits per heavy atom. The number of aromatic nitrogens is 1. The summed E-state index contributed by atoms with van der Waals surface area (Å²) in [5, 5.41) is 1.01. The Balaban J connectivity index is 1.46. The number of fused-ring (bicyclic) bond motifs is 1. The molecule has 2 aromatic carbocycles. The molecule has 1 aliphatic heterocycles. The average molecular weight is 548 g/mol. The van der Waals surface area contributed by atoms with Crippen LogP contribution in [0.2, 0.25) is 10.0 Å². The lowest BCUT2D eigenvalue weighted by Gasteiger charge is -2.21. The fourth-order valence-electron chi connectivity index (χ4n) is 3.70. The summed E-state index contributed by atoms with van der Waals surface area (Å²) in [4.78, 5) is 17.7. The Morgan fingerprint density at radius 2 is 1.69 bits per heavy atom. The van der Waals surface area contributed by atoms with E-state index in [0.29, 0.717) is 44.0 Å². The number of halogens is 2. The van der Waals surface area contributed by atoms with Gasteiger partial charge in [0, 0.05) is 29.2 Å². The SMILES string of the molecule is O=c1/c(=C/c2ccc(CN(Cc3ccc(Cl)cc3)S(=O)(=O)c3ccc(Cl)cc3)o2)sc2n1CCN=2. The van der Waals surface area contributed by atoms with Crippen molar-refractivity contribution in [3.05, 3.63) is 107 Å². The number of nitrogens with zero attached hydrogens (tertiary/aromatic N) is 3. The number of benzene rings is 2. The second-order valence-electron chi connectivity index (χ2n) is 7.89. The highest BCUT2D eigenvalue weighted by Gasteiger charge is 2.26. The quantitative estimate of drug-likeness (QED) is 0.353. The maximum atomic E-state index is 13.5. The highest BCUT2D eigenvalue weighted by Crippen LogP contribution is 2.24. The van der Waals surface area contributed by atoms with Gasteiger partial charge in [-0.05, 0) is 54.1 Å². The largest absolute Gasteiger partial charge is 0.460 e. The van der Waals surface area contributed by atoms with Gasteiger partial charge < -0.3 is 4.42 Å². The van der Waals surface area contributed by atoms with Crippen molar-refractivity contribution in [3.8, 4) is 0 Å². The van der Waals surface area contributed by atoms with Crippen LogP contribution >= 0.6 is 34.5 Å². The molecule has 0 amide bonds. The van der Waals surface area contributed by atoms with Crippen LogP contribution in [0, 0.1) is 0 Å². The Kier molecular flexibility index (Phi) is 6.69. The van der Waals surface area contributed by atoms with Crippen molar-refractivity contribution in [2.45, 2.75) is 24.5 Å². The van der Waals surface area contributed by atoms with Gasteiger partial charge in [-0.3, -0.25) is 14.4 Å². The van der Waals surface area contributed by atoms with E-state index in [1.165, 1.54) is 39.9 Å². The van der Waals surface area contributed by atoms with Gasteiger partial charge in [-0.2, -0.15) is 4.31 Å². The Labute approximate surface area is 215 Å². The molecule has 0 unspecified atom stereocenters. The molecule has 180 valence electrons. The van der Waals surface area contributed by atoms with Crippen LogP contribution in [0.3, 0.4) is 0 Å². The van der Waals surface area contributed by atoms with Gasteiger partial charge in [-0.25, -0.2) is 8.42 Å². The molecule has 0 fully saturated rings. The molecule has 0 saturated heterocycles. The van der Waals surface area contributed by atoms with Gasteiger partial charge in [0.1, 0.15) is 11.5 Å². The van der Waals surface area contributed by atoms with E-state index in [-0.39, 0.29) is 23.5 Å². The van der Waals surface area contributed by atoms with E-state index in [1.807, 2.05) is 0 Å². The molecule has 0 N–H and O–H groups in total. The first-order valence-electron chi connectivity index (χ1n) is 10.6. The van der Waals surface area contributed by atoms with Crippen LogP contribution in [-0.4, -0.2) is 23.8 Å². The maximum absolute atomic E-state index is 13.5. The number of hydrogen-bond acceptors (Lipinski definition) is 6. The molecule has 4 aromatic rings. The molecule has 0 bridgehead atoms. The van der Waals surface area contributed by atoms with E-state index in [2.05, 4.69) is 4.99 Å². The summed E-state index contributed by atoms with van der Waals surface area (Å²) >= 11 is 13.3. The van der Waals surface area contributed by atoms with Crippen molar-refractivity contribution >= 4 is 50.6 Å². The molecule has 7 nitrogen and oxygen atoms in total. The number of rotatable bonds is 7. The zero-order valence-electron chi connectivity index (χ0n) is 18.2. The monoisotopic (exact) mass is 547 g/mol. The van der Waals surface area contributed by atoms with Crippen LogP contribution in [0.1, 0.15) is 17.1 Å². The lowest BCUT2D eigenvalue weighted by Crippen LogP contribution is -2.30. The maximum Gasteiger partial charge on any atom is 0.270 e. The van der Waals surface area contributed by atoms with E-state index in [0.717, 1.165) is 5.56 Å². The third kappa shape index (κ3) is 5.14. The summed E-state index contributed by atoms with van der Waals surface area (Å²) in [7, 11) is -3.87. The van der Waals surface area contributed by atoms with Crippen LogP contribution in [-0.2, 0) is 29.7 Å². The van der Waals surface area contributed by atoms with Gasteiger partial charge in [0.25, 0.3) is 5.56 Å². The molecule has 11 heteroatoms. The van der Waals surface area contributed by atoms with Gasteiger partial charge in [0.05, 0.1) is 22.5 Å². The standard InChI is InChI=1S/C24H19Cl2N3O4S2/c25-17-3-1-16(2-4-17)14-28(35(31,32)21-9-5-18(26)6-10-21)15-20-8-7-19(33-20)13-22-23(30)29-12-11-27-24(29)34-22/h1-10,13H,11-12,14-15H2/b22-13-. The summed E-state index contributed by atoms with van der Waals surface area (Å²) in [5.74, 6) is 0.907. The zero-order chi connectivity index (χ0) is 24.6. The predicted molar refractivity (Wildman–Crippen MR) is 136 cm³/mol. The lowest BCUT2D eigenvalue weighted by molar-refractivity contribution is 0.357. The van der Waals surface area contributed by atoms with E-state index in [9.17, 15) is 13.2 Å². The number of hydrogen-bond donors (Lipinski definition) is 0. The summed E-state index contributed by atoms with van der Waals surface area (Å²) in [6, 6.07) is 16.4. The van der Waals surface area contributed by atoms with Crippen molar-refractivity contribution in [1.82, 2.24) is 8.87 Å². The van der Waals surface area contributed by atoms with E-state index in [1.54, 1.807) is 47.0 Å². The Hall–Kier alpha value is -2.69. The molecule has 0 saturated carbocycles. The molecule has 0 atom stereocenters. The predicted octanol–water partition coefficient (Wildman–Crippen LogP) is 3.66. The van der Waals surface area contributed by atoms with Crippen molar-refractivity contribution in [1.29, 1.82) is 0 Å². The van der Waals surface area contributed by atoms with Gasteiger partial charge in [-0.1, -0.05) is 46.7 Å². The topological polar surface area (TPSA) is 84.9 Å². The Bertz CT molecular complexity index is 1660. The summed E-state index contributed by atoms with van der Waals surface area (Å²) < 4.78 is 36.4. The molecule has 35 heavy (non-hydrogen) atoms. The molecular weight excluding hydrogens is 529 g/mol. The molecule has 3 heterocycles. The summed E-state index contributed by atoms with van der Waals surface area (Å²) in [5.41, 5.74) is 0.675. The fourth-order valence-corrected chi connectivity index (χ4v) is 6.36. The van der Waals surface area contributed by atoms with Crippen molar-refractivity contribution in [2.75, 3.05) is 6.54 Å². The van der Waals surface area contributed by atoms with Crippen molar-refractivity contribution in [2.24, 2.45) is 4.99 Å². The molecular formula is C24H19Cl2N3O4S2. The number of thiazole rings is 1. The van der Waals surface area contributed by atoms with Gasteiger partial charge in [0.2, 0.25) is 10.0 Å². The van der Waals surface area contributed by atoms with Crippen LogP contribution in [0.25, 0.3) is 6.08 Å². The number of sulfonamides is 1. The minimum Gasteiger partial charge on any atom is -0.460 e. The minimum atomic E-state index is -3.87. The van der Waals surface area contributed by atoms with E-state index in [4.69, 9.17) is 27.6 Å². The Morgan fingerprint density at radius 3 is 2.37 bits per heavy atom. The molecule has 0 spiro atoms. The van der Waals surface area contributed by atoms with Gasteiger partial charge in [-0.15, -0.1) is 0 Å². The highest BCUT2D eigenvalue weighted by atomic mass is 35.5. The van der Waals surface area contributed by atoms with E-state index < -0.39 is 10.0 Å². The van der Waals surface area contributed by atoms with Crippen LogP contribution < -0.4 is 14.9 Å². The minimum absolute atomic E-state index is 0.00329. The highest BCUT2D eigenvalue weighted by molar-refractivity contribution is 7.89. The second kappa shape index (κ2) is 9.75. The van der Waals surface area contributed by atoms with Gasteiger partial charge >= 0.3 is 0 Å². The van der Waals surface area contributed by atoms with Crippen LogP contribution in [0.5, 0.6) is 0 Å². The molecule has 0 aliphatic carbocycles. The molecule has 1 aliphatic rings. The molecule has 0 radical (unpaired) electrons. The summed E-state index contributed by atoms with van der Waals surface area (Å²) in [6.07, 6.45) is 1.66. The van der Waals surface area contributed by atoms with Gasteiger partial charge in [0.15, 0.2) is 4.80 Å². The normalized spacial score (nSPS) is 13.9. The fraction of sp³-hybridized carbons (Fsp3) is 0.167. The number of furan rings is 1. The third-order valence-corrected chi connectivity index (χ3v) is 8.82. The smallest absolute Gasteiger partial charge is 0.270 e. The van der Waals surface area contributed by atoms with Crippen LogP contribution in [0.4, 0.5) is 0 Å². The van der Waals surface area contributed by atoms with Crippen LogP contribution in [0.15, 0.2) is 79.8 Å². The van der Waals surface area contributed by atoms with Crippen molar-refractivity contribution < 1.29 is 12.8 Å². The lowest BCUT2D eigenvalue weighted by atomic mass is 10.2. The molecule has 2 aromatic heterocycles. The van der Waals surface area contributed by atoms with Crippen molar-refractivity contribution in [3.63, 3.8) is 0 Å². The first-order valence-corrected chi connectivity index (χ1v) is 13.7. The molecule has 5 rings (SSSR count).